The predicted octanol–water partition coefficient (Wildman–Crippen LogP) is 5.91. The Balaban J connectivity index is 1.67. The molecule has 5 heteroatoms. The molecule has 0 radical (unpaired) electrons. The topological polar surface area (TPSA) is 58.6 Å². The second kappa shape index (κ2) is 6.65. The number of phenolic OH excluding ortho intramolecular Hbond substituents is 1. The van der Waals surface area contributed by atoms with Gasteiger partial charge in [0, 0.05) is 22.4 Å². The number of oxazole rings is 1. The van der Waals surface area contributed by atoms with Crippen LogP contribution in [0.4, 0.5) is 5.69 Å². The van der Waals surface area contributed by atoms with Crippen molar-refractivity contribution in [2.75, 3.05) is 0 Å². The van der Waals surface area contributed by atoms with E-state index in [1.807, 2.05) is 49.4 Å². The van der Waals surface area contributed by atoms with Gasteiger partial charge in [-0.15, -0.1) is 0 Å². The zero-order valence-corrected chi connectivity index (χ0v) is 14.7. The van der Waals surface area contributed by atoms with Gasteiger partial charge in [0.2, 0.25) is 5.89 Å². The molecule has 0 aliphatic rings. The first kappa shape index (κ1) is 16.4. The molecule has 3 aromatic carbocycles. The van der Waals surface area contributed by atoms with E-state index in [4.69, 9.17) is 16.0 Å². The van der Waals surface area contributed by atoms with E-state index >= 15 is 0 Å². The van der Waals surface area contributed by atoms with Gasteiger partial charge in [-0.25, -0.2) is 4.98 Å². The number of hydrogen-bond acceptors (Lipinski definition) is 4. The number of rotatable bonds is 3. The first-order valence-corrected chi connectivity index (χ1v) is 8.46. The molecule has 0 saturated carbocycles. The Morgan fingerprint density at radius 3 is 2.85 bits per heavy atom. The Kier molecular flexibility index (Phi) is 4.19. The fourth-order valence-electron chi connectivity index (χ4n) is 2.65. The molecule has 0 spiro atoms. The number of benzene rings is 3. The van der Waals surface area contributed by atoms with Crippen LogP contribution in [0.25, 0.3) is 22.6 Å². The van der Waals surface area contributed by atoms with Gasteiger partial charge in [0.05, 0.1) is 5.69 Å². The van der Waals surface area contributed by atoms with Crippen LogP contribution in [0.5, 0.6) is 5.75 Å². The molecule has 0 bridgehead atoms. The smallest absolute Gasteiger partial charge is 0.227 e. The number of nitrogens with zero attached hydrogens (tertiary/aromatic N) is 2. The second-order valence-electron chi connectivity index (χ2n) is 6.00. The molecule has 0 aliphatic carbocycles. The molecule has 0 unspecified atom stereocenters. The SMILES string of the molecule is Cc1ccc2nc(-c3cccc(N=Cc4cc(Cl)ccc4O)c3)oc2c1. The van der Waals surface area contributed by atoms with Crippen molar-refractivity contribution in [3.8, 4) is 17.2 Å². The lowest BCUT2D eigenvalue weighted by molar-refractivity contribution is 0.474. The molecule has 0 saturated heterocycles. The molecular formula is C21H15ClN2O2. The highest BCUT2D eigenvalue weighted by Gasteiger charge is 2.09. The molecule has 0 fully saturated rings. The largest absolute Gasteiger partial charge is 0.507 e. The first-order valence-electron chi connectivity index (χ1n) is 8.09. The number of aryl methyl sites for hydroxylation is 1. The van der Waals surface area contributed by atoms with Gasteiger partial charge in [-0.3, -0.25) is 4.99 Å². The maximum atomic E-state index is 9.87. The van der Waals surface area contributed by atoms with Gasteiger partial charge in [0.1, 0.15) is 11.3 Å². The minimum atomic E-state index is 0.128. The summed E-state index contributed by atoms with van der Waals surface area (Å²) in [5.41, 5.74) is 4.82. The van der Waals surface area contributed by atoms with Crippen molar-refractivity contribution in [1.82, 2.24) is 4.98 Å². The molecule has 4 aromatic rings. The highest BCUT2D eigenvalue weighted by atomic mass is 35.5. The zero-order valence-electron chi connectivity index (χ0n) is 14.0. The summed E-state index contributed by atoms with van der Waals surface area (Å²) in [6.45, 7) is 2.02. The molecule has 1 aromatic heterocycles. The van der Waals surface area contributed by atoms with Crippen LogP contribution in [0.15, 0.2) is 70.1 Å². The lowest BCUT2D eigenvalue weighted by Crippen LogP contribution is -1.82. The van der Waals surface area contributed by atoms with Gasteiger partial charge in [0.25, 0.3) is 0 Å². The lowest BCUT2D eigenvalue weighted by atomic mass is 10.2. The summed E-state index contributed by atoms with van der Waals surface area (Å²) in [6.07, 6.45) is 1.58. The van der Waals surface area contributed by atoms with E-state index in [9.17, 15) is 5.11 Å². The van der Waals surface area contributed by atoms with E-state index in [0.29, 0.717) is 16.5 Å². The van der Waals surface area contributed by atoms with E-state index in [2.05, 4.69) is 9.98 Å². The van der Waals surface area contributed by atoms with Crippen LogP contribution in [-0.4, -0.2) is 16.3 Å². The summed E-state index contributed by atoms with van der Waals surface area (Å²) in [7, 11) is 0. The maximum Gasteiger partial charge on any atom is 0.227 e. The Morgan fingerprint density at radius 2 is 1.96 bits per heavy atom. The number of aromatic hydroxyl groups is 1. The summed E-state index contributed by atoms with van der Waals surface area (Å²) < 4.78 is 5.87. The fourth-order valence-corrected chi connectivity index (χ4v) is 2.83. The van der Waals surface area contributed by atoms with Gasteiger partial charge in [-0.2, -0.15) is 0 Å². The standard InChI is InChI=1S/C21H15ClN2O2/c1-13-5-7-18-20(9-13)26-21(24-18)14-3-2-4-17(11-14)23-12-15-10-16(22)6-8-19(15)25/h2-12,25H,1H3. The Labute approximate surface area is 155 Å². The summed E-state index contributed by atoms with van der Waals surface area (Å²) in [5, 5.41) is 10.4. The van der Waals surface area contributed by atoms with E-state index in [-0.39, 0.29) is 5.75 Å². The maximum absolute atomic E-state index is 9.87. The van der Waals surface area contributed by atoms with Gasteiger partial charge in [0.15, 0.2) is 5.58 Å². The lowest BCUT2D eigenvalue weighted by Gasteiger charge is -2.00. The highest BCUT2D eigenvalue weighted by molar-refractivity contribution is 6.30. The Hall–Kier alpha value is -3.11. The number of hydrogen-bond donors (Lipinski definition) is 1. The number of fused-ring (bicyclic) bond motifs is 1. The van der Waals surface area contributed by atoms with Crippen LogP contribution < -0.4 is 0 Å². The van der Waals surface area contributed by atoms with Gasteiger partial charge >= 0.3 is 0 Å². The molecule has 1 N–H and O–H groups in total. The van der Waals surface area contributed by atoms with Gasteiger partial charge in [-0.05, 0) is 61.0 Å². The van der Waals surface area contributed by atoms with Crippen molar-refractivity contribution < 1.29 is 9.52 Å². The summed E-state index contributed by atoms with van der Waals surface area (Å²) >= 11 is 5.96. The van der Waals surface area contributed by atoms with Crippen LogP contribution in [0, 0.1) is 6.92 Å². The first-order chi connectivity index (χ1) is 12.6. The van der Waals surface area contributed by atoms with Crippen molar-refractivity contribution in [1.29, 1.82) is 0 Å². The average molecular weight is 363 g/mol. The molecule has 26 heavy (non-hydrogen) atoms. The normalized spacial score (nSPS) is 11.5. The molecule has 0 atom stereocenters. The molecule has 0 amide bonds. The van der Waals surface area contributed by atoms with E-state index in [1.54, 1.807) is 24.4 Å². The van der Waals surface area contributed by atoms with Crippen LogP contribution >= 0.6 is 11.6 Å². The minimum absolute atomic E-state index is 0.128. The third-order valence-corrected chi connectivity index (χ3v) is 4.21. The van der Waals surface area contributed by atoms with Crippen molar-refractivity contribution in [3.05, 3.63) is 76.8 Å². The number of aliphatic imine (C=N–C) groups is 1. The average Bonchev–Trinajstić information content (AvgIpc) is 3.06. The third kappa shape index (κ3) is 3.32. The van der Waals surface area contributed by atoms with Crippen molar-refractivity contribution in [3.63, 3.8) is 0 Å². The van der Waals surface area contributed by atoms with Crippen molar-refractivity contribution >= 4 is 34.6 Å². The minimum Gasteiger partial charge on any atom is -0.507 e. The van der Waals surface area contributed by atoms with E-state index in [1.165, 1.54) is 0 Å². The molecule has 4 nitrogen and oxygen atoms in total. The molecular weight excluding hydrogens is 348 g/mol. The van der Waals surface area contributed by atoms with Crippen LogP contribution in [-0.2, 0) is 0 Å². The molecule has 0 aliphatic heterocycles. The number of aromatic nitrogens is 1. The van der Waals surface area contributed by atoms with Crippen LogP contribution in [0.2, 0.25) is 5.02 Å². The Bertz CT molecular complexity index is 1130. The van der Waals surface area contributed by atoms with E-state index < -0.39 is 0 Å². The van der Waals surface area contributed by atoms with E-state index in [0.717, 1.165) is 27.9 Å². The van der Waals surface area contributed by atoms with Crippen LogP contribution in [0.1, 0.15) is 11.1 Å². The quantitative estimate of drug-likeness (QED) is 0.460. The summed E-state index contributed by atoms with van der Waals surface area (Å²) in [6, 6.07) is 18.3. The molecule has 128 valence electrons. The molecule has 4 rings (SSSR count). The second-order valence-corrected chi connectivity index (χ2v) is 6.44. The fraction of sp³-hybridized carbons (Fsp3) is 0.0476. The monoisotopic (exact) mass is 362 g/mol. The Morgan fingerprint density at radius 1 is 1.08 bits per heavy atom. The van der Waals surface area contributed by atoms with Gasteiger partial charge in [-0.1, -0.05) is 23.7 Å². The molecule has 1 heterocycles. The highest BCUT2D eigenvalue weighted by Crippen LogP contribution is 2.28. The predicted molar refractivity (Wildman–Crippen MR) is 105 cm³/mol. The summed E-state index contributed by atoms with van der Waals surface area (Å²) in [4.78, 5) is 8.95. The number of phenols is 1. The van der Waals surface area contributed by atoms with Crippen molar-refractivity contribution in [2.45, 2.75) is 6.92 Å². The van der Waals surface area contributed by atoms with Crippen LogP contribution in [0.3, 0.4) is 0 Å². The zero-order chi connectivity index (χ0) is 18.1. The number of halogens is 1. The van der Waals surface area contributed by atoms with Gasteiger partial charge < -0.3 is 9.52 Å². The third-order valence-electron chi connectivity index (χ3n) is 3.98. The van der Waals surface area contributed by atoms with Crippen molar-refractivity contribution in [2.24, 2.45) is 4.99 Å². The summed E-state index contributed by atoms with van der Waals surface area (Å²) in [5.74, 6) is 0.678.